The quantitative estimate of drug-likeness (QED) is 0.750. The molecule has 0 amide bonds. The summed E-state index contributed by atoms with van der Waals surface area (Å²) in [5.41, 5.74) is 1.62. The topological polar surface area (TPSA) is 55.8 Å². The number of carbonyl (C=O) groups is 1. The van der Waals surface area contributed by atoms with Gasteiger partial charge in [0.2, 0.25) is 0 Å². The first-order valence-corrected chi connectivity index (χ1v) is 4.77. The molecule has 1 aromatic carbocycles. The van der Waals surface area contributed by atoms with Gasteiger partial charge in [-0.3, -0.25) is 0 Å². The van der Waals surface area contributed by atoms with Gasteiger partial charge in [-0.2, -0.15) is 0 Å². The molecule has 2 rings (SSSR count). The second kappa shape index (κ2) is 3.46. The number of rotatable bonds is 2. The van der Waals surface area contributed by atoms with Gasteiger partial charge < -0.3 is 14.6 Å². The Morgan fingerprint density at radius 3 is 2.93 bits per heavy atom. The maximum Gasteiger partial charge on any atom is 0.342 e. The minimum atomic E-state index is -0.458. The second-order valence-corrected chi connectivity index (χ2v) is 3.37. The average molecular weight is 208 g/mol. The summed E-state index contributed by atoms with van der Waals surface area (Å²) in [7, 11) is 1.54. The zero-order chi connectivity index (χ0) is 11.0. The van der Waals surface area contributed by atoms with Gasteiger partial charge >= 0.3 is 5.97 Å². The molecular formula is C11H12O4. The lowest BCUT2D eigenvalue weighted by Crippen LogP contribution is -1.99. The van der Waals surface area contributed by atoms with Crippen LogP contribution in [0.1, 0.15) is 28.4 Å². The Morgan fingerprint density at radius 2 is 2.33 bits per heavy atom. The first-order valence-electron chi connectivity index (χ1n) is 4.77. The van der Waals surface area contributed by atoms with E-state index in [-0.39, 0.29) is 17.9 Å². The largest absolute Gasteiger partial charge is 0.507 e. The maximum atomic E-state index is 11.3. The van der Waals surface area contributed by atoms with Gasteiger partial charge in [-0.05, 0) is 12.5 Å². The van der Waals surface area contributed by atoms with Crippen LogP contribution >= 0.6 is 0 Å². The first-order chi connectivity index (χ1) is 7.19. The summed E-state index contributed by atoms with van der Waals surface area (Å²) in [6.45, 7) is 2.10. The molecule has 1 N–H and O–H groups in total. The number of ether oxygens (including phenoxy) is 2. The summed E-state index contributed by atoms with van der Waals surface area (Å²) in [5, 5.41) is 9.91. The number of fused-ring (bicyclic) bond motifs is 1. The molecule has 0 bridgehead atoms. The van der Waals surface area contributed by atoms with E-state index in [1.807, 2.05) is 6.92 Å². The van der Waals surface area contributed by atoms with Crippen molar-refractivity contribution >= 4 is 5.97 Å². The SMILES string of the molecule is CCc1c(OC)cc2c(c1O)C(=O)OC2. The molecule has 0 unspecified atom stereocenters. The highest BCUT2D eigenvalue weighted by Gasteiger charge is 2.28. The van der Waals surface area contributed by atoms with Crippen molar-refractivity contribution in [3.63, 3.8) is 0 Å². The number of cyclic esters (lactones) is 1. The van der Waals surface area contributed by atoms with E-state index in [9.17, 15) is 9.90 Å². The molecule has 4 nitrogen and oxygen atoms in total. The van der Waals surface area contributed by atoms with Crippen LogP contribution in [0, 0.1) is 0 Å². The monoisotopic (exact) mass is 208 g/mol. The van der Waals surface area contributed by atoms with Crippen molar-refractivity contribution < 1.29 is 19.4 Å². The summed E-state index contributed by atoms with van der Waals surface area (Å²) in [6.07, 6.45) is 0.607. The van der Waals surface area contributed by atoms with Crippen molar-refractivity contribution in [1.29, 1.82) is 0 Å². The minimum absolute atomic E-state index is 0.00523. The third kappa shape index (κ3) is 1.33. The van der Waals surface area contributed by atoms with Crippen molar-refractivity contribution in [3.05, 3.63) is 22.8 Å². The van der Waals surface area contributed by atoms with Crippen molar-refractivity contribution in [2.24, 2.45) is 0 Å². The zero-order valence-electron chi connectivity index (χ0n) is 8.66. The lowest BCUT2D eigenvalue weighted by atomic mass is 10.0. The molecule has 0 atom stereocenters. The molecule has 0 saturated heterocycles. The van der Waals surface area contributed by atoms with Gasteiger partial charge in [-0.25, -0.2) is 4.79 Å². The van der Waals surface area contributed by atoms with E-state index in [0.717, 1.165) is 0 Å². The molecule has 1 aromatic rings. The summed E-state index contributed by atoms with van der Waals surface area (Å²) < 4.78 is 10.00. The molecule has 0 aromatic heterocycles. The predicted molar refractivity (Wildman–Crippen MR) is 53.2 cm³/mol. The number of phenolic OH excluding ortho intramolecular Hbond substituents is 1. The summed E-state index contributed by atoms with van der Waals surface area (Å²) in [6, 6.07) is 1.75. The van der Waals surface area contributed by atoms with Crippen molar-refractivity contribution in [3.8, 4) is 11.5 Å². The molecule has 0 spiro atoms. The first kappa shape index (κ1) is 9.83. The fourth-order valence-electron chi connectivity index (χ4n) is 1.82. The van der Waals surface area contributed by atoms with Gasteiger partial charge in [0.25, 0.3) is 0 Å². The summed E-state index contributed by atoms with van der Waals surface area (Å²) in [4.78, 5) is 11.3. The minimum Gasteiger partial charge on any atom is -0.507 e. The number of methoxy groups -OCH3 is 1. The Hall–Kier alpha value is -1.71. The molecule has 80 valence electrons. The van der Waals surface area contributed by atoms with Gasteiger partial charge in [0, 0.05) is 11.1 Å². The van der Waals surface area contributed by atoms with E-state index < -0.39 is 5.97 Å². The van der Waals surface area contributed by atoms with Crippen LogP contribution in [-0.4, -0.2) is 18.2 Å². The van der Waals surface area contributed by atoms with E-state index >= 15 is 0 Å². The highest BCUT2D eigenvalue weighted by molar-refractivity contribution is 5.97. The Bertz CT molecular complexity index is 423. The van der Waals surface area contributed by atoms with Gasteiger partial charge in [-0.1, -0.05) is 6.92 Å². The second-order valence-electron chi connectivity index (χ2n) is 3.37. The number of hydrogen-bond donors (Lipinski definition) is 1. The van der Waals surface area contributed by atoms with Crippen LogP contribution < -0.4 is 4.74 Å². The predicted octanol–water partition coefficient (Wildman–Crippen LogP) is 1.63. The average Bonchev–Trinajstić information content (AvgIpc) is 2.60. The number of benzene rings is 1. The van der Waals surface area contributed by atoms with Gasteiger partial charge in [-0.15, -0.1) is 0 Å². The van der Waals surface area contributed by atoms with Crippen LogP contribution in [0.5, 0.6) is 11.5 Å². The number of aromatic hydroxyl groups is 1. The maximum absolute atomic E-state index is 11.3. The van der Waals surface area contributed by atoms with Gasteiger partial charge in [0.1, 0.15) is 23.7 Å². The Balaban J connectivity index is 2.67. The van der Waals surface area contributed by atoms with Crippen molar-refractivity contribution in [2.45, 2.75) is 20.0 Å². The van der Waals surface area contributed by atoms with E-state index in [1.165, 1.54) is 7.11 Å². The molecule has 0 aliphatic carbocycles. The van der Waals surface area contributed by atoms with E-state index in [1.54, 1.807) is 6.07 Å². The molecule has 1 heterocycles. The molecule has 0 radical (unpaired) electrons. The molecule has 0 saturated carbocycles. The van der Waals surface area contributed by atoms with Gasteiger partial charge in [0.05, 0.1) is 7.11 Å². The molecule has 1 aliphatic heterocycles. The highest BCUT2D eigenvalue weighted by Crippen LogP contribution is 2.38. The lowest BCUT2D eigenvalue weighted by Gasteiger charge is -2.10. The lowest BCUT2D eigenvalue weighted by molar-refractivity contribution is 0.0533. The fourth-order valence-corrected chi connectivity index (χ4v) is 1.82. The third-order valence-electron chi connectivity index (χ3n) is 2.58. The van der Waals surface area contributed by atoms with Crippen molar-refractivity contribution in [2.75, 3.05) is 7.11 Å². The Morgan fingerprint density at radius 1 is 1.60 bits per heavy atom. The van der Waals surface area contributed by atoms with Crippen LogP contribution in [0.2, 0.25) is 0 Å². The summed E-state index contributed by atoms with van der Waals surface area (Å²) in [5.74, 6) is 0.140. The number of esters is 1. The highest BCUT2D eigenvalue weighted by atomic mass is 16.5. The van der Waals surface area contributed by atoms with E-state index in [2.05, 4.69) is 0 Å². The fraction of sp³-hybridized carbons (Fsp3) is 0.364. The number of hydrogen-bond acceptors (Lipinski definition) is 4. The number of carbonyl (C=O) groups excluding carboxylic acids is 1. The molecule has 4 heteroatoms. The Kier molecular flexibility index (Phi) is 2.26. The van der Waals surface area contributed by atoms with Crippen LogP contribution in [0.15, 0.2) is 6.07 Å². The van der Waals surface area contributed by atoms with E-state index in [4.69, 9.17) is 9.47 Å². The van der Waals surface area contributed by atoms with Crippen LogP contribution in [0.4, 0.5) is 0 Å². The molecular weight excluding hydrogens is 196 g/mol. The van der Waals surface area contributed by atoms with Crippen LogP contribution in [0.25, 0.3) is 0 Å². The normalized spacial score (nSPS) is 13.6. The molecule has 1 aliphatic rings. The van der Waals surface area contributed by atoms with E-state index in [0.29, 0.717) is 23.3 Å². The van der Waals surface area contributed by atoms with Gasteiger partial charge in [0.15, 0.2) is 0 Å². The van der Waals surface area contributed by atoms with Crippen LogP contribution in [-0.2, 0) is 17.8 Å². The van der Waals surface area contributed by atoms with Crippen molar-refractivity contribution in [1.82, 2.24) is 0 Å². The third-order valence-corrected chi connectivity index (χ3v) is 2.58. The zero-order valence-corrected chi connectivity index (χ0v) is 8.66. The summed E-state index contributed by atoms with van der Waals surface area (Å²) >= 11 is 0. The van der Waals surface area contributed by atoms with Crippen LogP contribution in [0.3, 0.4) is 0 Å². The smallest absolute Gasteiger partial charge is 0.342 e. The number of phenols is 1. The Labute approximate surface area is 87.4 Å². The molecule has 15 heavy (non-hydrogen) atoms. The molecule has 0 fully saturated rings. The standard InChI is InChI=1S/C11H12O4/c1-3-7-8(14-2)4-6-5-15-11(13)9(6)10(7)12/h4,12H,3,5H2,1-2H3.